The van der Waals surface area contributed by atoms with E-state index < -0.39 is 0 Å². The van der Waals surface area contributed by atoms with Crippen LogP contribution in [0.5, 0.6) is 0 Å². The lowest BCUT2D eigenvalue weighted by molar-refractivity contribution is 0.660. The molecule has 0 aliphatic heterocycles. The maximum Gasteiger partial charge on any atom is -0.0124 e. The van der Waals surface area contributed by atoms with Crippen LogP contribution in [0.3, 0.4) is 0 Å². The first-order valence-electron chi connectivity index (χ1n) is 9.96. The van der Waals surface area contributed by atoms with Gasteiger partial charge in [0.15, 0.2) is 0 Å². The van der Waals surface area contributed by atoms with E-state index in [2.05, 4.69) is 107 Å². The topological polar surface area (TPSA) is 0 Å². The van der Waals surface area contributed by atoms with Gasteiger partial charge in [0, 0.05) is 0 Å². The van der Waals surface area contributed by atoms with Crippen molar-refractivity contribution in [3.8, 4) is 0 Å². The summed E-state index contributed by atoms with van der Waals surface area (Å²) in [5.74, 6) is 0.582. The van der Waals surface area contributed by atoms with Crippen LogP contribution in [0.1, 0.15) is 58.2 Å². The Labute approximate surface area is 164 Å². The molecule has 0 radical (unpaired) electrons. The molecule has 0 heterocycles. The van der Waals surface area contributed by atoms with Gasteiger partial charge in [-0.3, -0.25) is 0 Å². The minimum Gasteiger partial charge on any atom is -0.0648 e. The lowest BCUT2D eigenvalue weighted by Crippen LogP contribution is -2.02. The summed E-state index contributed by atoms with van der Waals surface area (Å²) < 4.78 is 0. The molecule has 138 valence electrons. The van der Waals surface area contributed by atoms with Crippen LogP contribution in [-0.2, 0) is 6.42 Å². The first-order valence-corrected chi connectivity index (χ1v) is 9.96. The molecule has 0 N–H and O–H groups in total. The van der Waals surface area contributed by atoms with E-state index >= 15 is 0 Å². The fraction of sp³-hybridized carbons (Fsp3) is 0.259. The summed E-state index contributed by atoms with van der Waals surface area (Å²) in [5.41, 5.74) is 9.44. The third-order valence-corrected chi connectivity index (χ3v) is 5.49. The Morgan fingerprint density at radius 1 is 0.741 bits per heavy atom. The molecule has 0 saturated heterocycles. The van der Waals surface area contributed by atoms with Crippen molar-refractivity contribution in [3.05, 3.63) is 106 Å². The molecule has 0 aliphatic carbocycles. The molecule has 3 rings (SSSR count). The van der Waals surface area contributed by atoms with Crippen LogP contribution in [0.25, 0.3) is 12.2 Å². The standard InChI is InChI=1S/C27H30/c1-5-24(27-13-10-20(2)11-14-27)19-23-12-15-26(22(4)18-23)17-16-25-9-7-6-8-21(25)3/h6-18,24H,5,19H2,1-4H3/b17-16+. The van der Waals surface area contributed by atoms with Crippen molar-refractivity contribution >= 4 is 12.2 Å². The van der Waals surface area contributed by atoms with Crippen molar-refractivity contribution in [2.45, 2.75) is 46.5 Å². The Morgan fingerprint density at radius 2 is 1.41 bits per heavy atom. The van der Waals surface area contributed by atoms with Gasteiger partial charge in [-0.2, -0.15) is 0 Å². The summed E-state index contributed by atoms with van der Waals surface area (Å²) in [6.07, 6.45) is 6.72. The SMILES string of the molecule is CCC(Cc1ccc(/C=C/c2ccccc2C)c(C)c1)c1ccc(C)cc1. The van der Waals surface area contributed by atoms with Gasteiger partial charge >= 0.3 is 0 Å². The monoisotopic (exact) mass is 354 g/mol. The average Bonchev–Trinajstić information content (AvgIpc) is 2.67. The largest absolute Gasteiger partial charge is 0.0648 e. The summed E-state index contributed by atoms with van der Waals surface area (Å²) in [6.45, 7) is 8.81. The molecule has 0 aliphatic rings. The van der Waals surface area contributed by atoms with Gasteiger partial charge in [-0.25, -0.2) is 0 Å². The van der Waals surface area contributed by atoms with Gasteiger partial charge in [-0.1, -0.05) is 91.4 Å². The van der Waals surface area contributed by atoms with Crippen LogP contribution in [0.4, 0.5) is 0 Å². The van der Waals surface area contributed by atoms with Crippen molar-refractivity contribution in [2.24, 2.45) is 0 Å². The smallest absolute Gasteiger partial charge is 0.0124 e. The van der Waals surface area contributed by atoms with Gasteiger partial charge in [0.2, 0.25) is 0 Å². The quantitative estimate of drug-likeness (QED) is 0.402. The minimum absolute atomic E-state index is 0.582. The van der Waals surface area contributed by atoms with Crippen LogP contribution >= 0.6 is 0 Å². The third kappa shape index (κ3) is 4.98. The minimum atomic E-state index is 0.582. The van der Waals surface area contributed by atoms with Crippen molar-refractivity contribution < 1.29 is 0 Å². The Hall–Kier alpha value is -2.60. The second-order valence-electron chi connectivity index (χ2n) is 7.60. The Bertz CT molecular complexity index is 913. The molecule has 0 aromatic heterocycles. The van der Waals surface area contributed by atoms with E-state index in [1.807, 2.05) is 0 Å². The van der Waals surface area contributed by atoms with Crippen LogP contribution in [-0.4, -0.2) is 0 Å². The first kappa shape index (κ1) is 19.2. The maximum atomic E-state index is 2.36. The van der Waals surface area contributed by atoms with E-state index in [1.54, 1.807) is 0 Å². The highest BCUT2D eigenvalue weighted by Crippen LogP contribution is 2.26. The van der Waals surface area contributed by atoms with E-state index in [-0.39, 0.29) is 0 Å². The number of aryl methyl sites for hydroxylation is 3. The average molecular weight is 355 g/mol. The molecular weight excluding hydrogens is 324 g/mol. The van der Waals surface area contributed by atoms with E-state index in [0.29, 0.717) is 5.92 Å². The summed E-state index contributed by atoms with van der Waals surface area (Å²) in [4.78, 5) is 0. The fourth-order valence-electron chi connectivity index (χ4n) is 3.63. The molecule has 0 amide bonds. The molecular formula is C27H30. The Balaban J connectivity index is 1.76. The molecule has 3 aromatic carbocycles. The Kier molecular flexibility index (Phi) is 6.29. The molecule has 0 saturated carbocycles. The summed E-state index contributed by atoms with van der Waals surface area (Å²) in [7, 11) is 0. The van der Waals surface area contributed by atoms with E-state index in [1.165, 1.54) is 38.9 Å². The predicted molar refractivity (Wildman–Crippen MR) is 119 cm³/mol. The highest BCUT2D eigenvalue weighted by molar-refractivity contribution is 5.72. The number of hydrogen-bond acceptors (Lipinski definition) is 0. The lowest BCUT2D eigenvalue weighted by Gasteiger charge is -2.16. The highest BCUT2D eigenvalue weighted by Gasteiger charge is 2.11. The lowest BCUT2D eigenvalue weighted by atomic mass is 9.88. The molecule has 0 heteroatoms. The Morgan fingerprint density at radius 3 is 2.04 bits per heavy atom. The maximum absolute atomic E-state index is 2.36. The van der Waals surface area contributed by atoms with Gasteiger partial charge in [-0.15, -0.1) is 0 Å². The molecule has 0 bridgehead atoms. The zero-order chi connectivity index (χ0) is 19.2. The van der Waals surface area contributed by atoms with Gasteiger partial charge in [0.1, 0.15) is 0 Å². The van der Waals surface area contributed by atoms with Crippen LogP contribution < -0.4 is 0 Å². The van der Waals surface area contributed by atoms with Gasteiger partial charge in [-0.05, 0) is 72.9 Å². The second kappa shape index (κ2) is 8.86. The molecule has 0 fully saturated rings. The van der Waals surface area contributed by atoms with Gasteiger partial charge in [0.05, 0.1) is 0 Å². The first-order chi connectivity index (χ1) is 13.1. The molecule has 0 nitrogen and oxygen atoms in total. The van der Waals surface area contributed by atoms with Crippen molar-refractivity contribution in [1.29, 1.82) is 0 Å². The van der Waals surface area contributed by atoms with Crippen molar-refractivity contribution in [2.75, 3.05) is 0 Å². The summed E-state index contributed by atoms with van der Waals surface area (Å²) in [6, 6.07) is 24.5. The zero-order valence-electron chi connectivity index (χ0n) is 17.0. The van der Waals surface area contributed by atoms with Gasteiger partial charge in [0.25, 0.3) is 0 Å². The predicted octanol–water partition coefficient (Wildman–Crippen LogP) is 7.52. The number of benzene rings is 3. The second-order valence-corrected chi connectivity index (χ2v) is 7.60. The molecule has 3 aromatic rings. The zero-order valence-corrected chi connectivity index (χ0v) is 17.0. The van der Waals surface area contributed by atoms with Crippen LogP contribution in [0, 0.1) is 20.8 Å². The number of rotatable bonds is 6. The van der Waals surface area contributed by atoms with E-state index in [0.717, 1.165) is 12.8 Å². The van der Waals surface area contributed by atoms with Crippen molar-refractivity contribution in [1.82, 2.24) is 0 Å². The fourth-order valence-corrected chi connectivity index (χ4v) is 3.63. The molecule has 1 atom stereocenters. The summed E-state index contributed by atoms with van der Waals surface area (Å²) >= 11 is 0. The van der Waals surface area contributed by atoms with E-state index in [4.69, 9.17) is 0 Å². The molecule has 27 heavy (non-hydrogen) atoms. The summed E-state index contributed by atoms with van der Waals surface area (Å²) in [5, 5.41) is 0. The van der Waals surface area contributed by atoms with Crippen molar-refractivity contribution in [3.63, 3.8) is 0 Å². The molecule has 0 spiro atoms. The van der Waals surface area contributed by atoms with E-state index in [9.17, 15) is 0 Å². The normalized spacial score (nSPS) is 12.4. The number of hydrogen-bond donors (Lipinski definition) is 0. The molecule has 1 unspecified atom stereocenters. The van der Waals surface area contributed by atoms with Crippen LogP contribution in [0.2, 0.25) is 0 Å². The third-order valence-electron chi connectivity index (χ3n) is 5.49. The highest BCUT2D eigenvalue weighted by atomic mass is 14.2. The van der Waals surface area contributed by atoms with Gasteiger partial charge < -0.3 is 0 Å². The van der Waals surface area contributed by atoms with Crippen LogP contribution in [0.15, 0.2) is 66.7 Å².